The highest BCUT2D eigenvalue weighted by molar-refractivity contribution is 6.30. The zero-order valence-electron chi connectivity index (χ0n) is 17.2. The molecule has 2 aromatic heterocycles. The lowest BCUT2D eigenvalue weighted by Gasteiger charge is -2.22. The second kappa shape index (κ2) is 9.75. The summed E-state index contributed by atoms with van der Waals surface area (Å²) >= 11 is 6.11. The molecule has 160 valence electrons. The van der Waals surface area contributed by atoms with E-state index in [1.807, 2.05) is 32.9 Å². The number of hydrazine groups is 1. The summed E-state index contributed by atoms with van der Waals surface area (Å²) in [6, 6.07) is 3.77. The van der Waals surface area contributed by atoms with E-state index >= 15 is 0 Å². The van der Waals surface area contributed by atoms with E-state index in [0.29, 0.717) is 24.6 Å². The summed E-state index contributed by atoms with van der Waals surface area (Å²) in [7, 11) is 0. The van der Waals surface area contributed by atoms with E-state index in [0.717, 1.165) is 42.6 Å². The van der Waals surface area contributed by atoms with E-state index in [1.54, 1.807) is 10.7 Å². The molecule has 29 heavy (non-hydrogen) atoms. The van der Waals surface area contributed by atoms with Crippen molar-refractivity contribution in [3.05, 3.63) is 34.6 Å². The van der Waals surface area contributed by atoms with Crippen molar-refractivity contribution in [2.45, 2.75) is 65.0 Å². The van der Waals surface area contributed by atoms with E-state index in [9.17, 15) is 4.79 Å². The maximum atomic E-state index is 11.8. The monoisotopic (exact) mass is 424 g/mol. The van der Waals surface area contributed by atoms with Gasteiger partial charge in [-0.05, 0) is 58.6 Å². The van der Waals surface area contributed by atoms with Crippen LogP contribution in [0.4, 0.5) is 4.79 Å². The Bertz CT molecular complexity index is 828. The Morgan fingerprint density at radius 1 is 1.38 bits per heavy atom. The Kier molecular flexibility index (Phi) is 7.34. The summed E-state index contributed by atoms with van der Waals surface area (Å²) in [5.41, 5.74) is 7.74. The molecule has 0 bridgehead atoms. The molecule has 1 saturated heterocycles. The Morgan fingerprint density at radius 3 is 2.93 bits per heavy atom. The summed E-state index contributed by atoms with van der Waals surface area (Å²) in [6.07, 6.45) is 4.81. The molecule has 1 aliphatic rings. The van der Waals surface area contributed by atoms with Gasteiger partial charge in [0.15, 0.2) is 6.29 Å². The second-order valence-electron chi connectivity index (χ2n) is 8.01. The standard InChI is InChI=1S/C20H29ClN4O4/c1-20(2,3)29-19(26)23-22-10-9-15-16(13-28-18-6-4-5-11-27-18)24-25-12-14(21)7-8-17(15)25/h7-8,12,18,22H,4-6,9-11,13H2,1-3H3,(H,23,26). The number of carbonyl (C=O) groups excluding carboxylic acids is 1. The summed E-state index contributed by atoms with van der Waals surface area (Å²) in [5, 5.41) is 5.24. The van der Waals surface area contributed by atoms with Crippen molar-refractivity contribution >= 4 is 23.2 Å². The third-order valence-corrected chi connectivity index (χ3v) is 4.64. The van der Waals surface area contributed by atoms with Crippen LogP contribution in [0.2, 0.25) is 5.02 Å². The van der Waals surface area contributed by atoms with E-state index < -0.39 is 11.7 Å². The Hall–Kier alpha value is -1.87. The molecular weight excluding hydrogens is 396 g/mol. The molecule has 1 atom stereocenters. The van der Waals surface area contributed by atoms with Gasteiger partial charge >= 0.3 is 6.09 Å². The topological polar surface area (TPSA) is 86.1 Å². The smallest absolute Gasteiger partial charge is 0.422 e. The Labute approximate surface area is 175 Å². The molecule has 1 amide bonds. The first kappa shape index (κ1) is 21.8. The third-order valence-electron chi connectivity index (χ3n) is 4.41. The van der Waals surface area contributed by atoms with Gasteiger partial charge in [0.1, 0.15) is 5.60 Å². The van der Waals surface area contributed by atoms with Crippen molar-refractivity contribution in [1.29, 1.82) is 0 Å². The van der Waals surface area contributed by atoms with Gasteiger partial charge < -0.3 is 14.2 Å². The summed E-state index contributed by atoms with van der Waals surface area (Å²) in [6.45, 7) is 7.06. The average molecular weight is 425 g/mol. The predicted molar refractivity (Wildman–Crippen MR) is 110 cm³/mol. The molecule has 2 aromatic rings. The number of amides is 1. The van der Waals surface area contributed by atoms with E-state index in [1.165, 1.54) is 0 Å². The molecule has 0 radical (unpaired) electrons. The average Bonchev–Trinajstić information content (AvgIpc) is 2.99. The highest BCUT2D eigenvalue weighted by atomic mass is 35.5. The number of carbonyl (C=O) groups is 1. The number of rotatable bonds is 7. The zero-order chi connectivity index (χ0) is 20.9. The van der Waals surface area contributed by atoms with Crippen LogP contribution >= 0.6 is 11.6 Å². The molecule has 8 nitrogen and oxygen atoms in total. The fourth-order valence-electron chi connectivity index (χ4n) is 3.15. The second-order valence-corrected chi connectivity index (χ2v) is 8.45. The van der Waals surface area contributed by atoms with Gasteiger partial charge in [-0.15, -0.1) is 0 Å². The summed E-state index contributed by atoms with van der Waals surface area (Å²) < 4.78 is 18.5. The number of aromatic nitrogens is 2. The van der Waals surface area contributed by atoms with Gasteiger partial charge in [-0.3, -0.25) is 5.43 Å². The van der Waals surface area contributed by atoms with Crippen LogP contribution in [0, 0.1) is 0 Å². The van der Waals surface area contributed by atoms with Crippen molar-refractivity contribution in [1.82, 2.24) is 20.5 Å². The van der Waals surface area contributed by atoms with Crippen LogP contribution in [-0.4, -0.2) is 40.8 Å². The number of ether oxygens (including phenoxy) is 3. The van der Waals surface area contributed by atoms with Crippen molar-refractivity contribution in [3.63, 3.8) is 0 Å². The Morgan fingerprint density at radius 2 is 2.21 bits per heavy atom. The van der Waals surface area contributed by atoms with E-state index in [-0.39, 0.29) is 6.29 Å². The Balaban J connectivity index is 1.62. The van der Waals surface area contributed by atoms with Gasteiger partial charge in [0, 0.05) is 24.9 Å². The molecule has 0 spiro atoms. The van der Waals surface area contributed by atoms with Crippen LogP contribution in [0.1, 0.15) is 51.3 Å². The molecule has 3 rings (SSSR count). The molecule has 0 saturated carbocycles. The van der Waals surface area contributed by atoms with Crippen LogP contribution in [0.15, 0.2) is 18.3 Å². The summed E-state index contributed by atoms with van der Waals surface area (Å²) in [4.78, 5) is 11.8. The largest absolute Gasteiger partial charge is 0.443 e. The van der Waals surface area contributed by atoms with Crippen LogP contribution in [-0.2, 0) is 27.2 Å². The quantitative estimate of drug-likeness (QED) is 0.521. The first-order chi connectivity index (χ1) is 13.8. The van der Waals surface area contributed by atoms with E-state index in [2.05, 4.69) is 16.0 Å². The fourth-order valence-corrected chi connectivity index (χ4v) is 3.31. The highest BCUT2D eigenvalue weighted by Gasteiger charge is 2.19. The van der Waals surface area contributed by atoms with Gasteiger partial charge in [0.25, 0.3) is 0 Å². The highest BCUT2D eigenvalue weighted by Crippen LogP contribution is 2.22. The van der Waals surface area contributed by atoms with Gasteiger partial charge in [0.2, 0.25) is 0 Å². The number of halogens is 1. The molecular formula is C20H29ClN4O4. The van der Waals surface area contributed by atoms with Crippen molar-refractivity contribution in [3.8, 4) is 0 Å². The number of hydrogen-bond acceptors (Lipinski definition) is 6. The van der Waals surface area contributed by atoms with Gasteiger partial charge in [0.05, 0.1) is 22.8 Å². The van der Waals surface area contributed by atoms with Crippen molar-refractivity contribution < 1.29 is 19.0 Å². The van der Waals surface area contributed by atoms with Crippen LogP contribution in [0.25, 0.3) is 5.52 Å². The summed E-state index contributed by atoms with van der Waals surface area (Å²) in [5.74, 6) is 0. The number of hydrogen-bond donors (Lipinski definition) is 2. The van der Waals surface area contributed by atoms with Gasteiger partial charge in [-0.1, -0.05) is 11.6 Å². The molecule has 0 aromatic carbocycles. The fraction of sp³-hybridized carbons (Fsp3) is 0.600. The first-order valence-corrected chi connectivity index (χ1v) is 10.3. The number of nitrogens with one attached hydrogen (secondary N) is 2. The first-order valence-electron chi connectivity index (χ1n) is 9.92. The molecule has 1 fully saturated rings. The molecule has 1 unspecified atom stereocenters. The van der Waals surface area contributed by atoms with Gasteiger partial charge in [-0.2, -0.15) is 5.10 Å². The van der Waals surface area contributed by atoms with Crippen LogP contribution in [0.3, 0.4) is 0 Å². The van der Waals surface area contributed by atoms with Crippen LogP contribution < -0.4 is 10.9 Å². The zero-order valence-corrected chi connectivity index (χ0v) is 17.9. The van der Waals surface area contributed by atoms with Crippen molar-refractivity contribution in [2.24, 2.45) is 0 Å². The number of pyridine rings is 1. The van der Waals surface area contributed by atoms with E-state index in [4.69, 9.17) is 25.8 Å². The molecule has 0 aliphatic carbocycles. The minimum Gasteiger partial charge on any atom is -0.443 e. The van der Waals surface area contributed by atoms with Crippen molar-refractivity contribution in [2.75, 3.05) is 13.2 Å². The van der Waals surface area contributed by atoms with Crippen LogP contribution in [0.5, 0.6) is 0 Å². The minimum absolute atomic E-state index is 0.183. The number of nitrogens with zero attached hydrogens (tertiary/aromatic N) is 2. The number of fused-ring (bicyclic) bond motifs is 1. The molecule has 2 N–H and O–H groups in total. The lowest BCUT2D eigenvalue weighted by Crippen LogP contribution is -2.42. The maximum absolute atomic E-state index is 11.8. The lowest BCUT2D eigenvalue weighted by molar-refractivity contribution is -0.169. The normalized spacial score (nSPS) is 17.4. The third kappa shape index (κ3) is 6.57. The molecule has 9 heteroatoms. The molecule has 1 aliphatic heterocycles. The molecule has 3 heterocycles. The SMILES string of the molecule is CC(C)(C)OC(=O)NNCCc1c(COC2CCCCO2)nn2cc(Cl)ccc12. The lowest BCUT2D eigenvalue weighted by atomic mass is 10.1. The predicted octanol–water partition coefficient (Wildman–Crippen LogP) is 3.60. The van der Waals surface area contributed by atoms with Gasteiger partial charge in [-0.25, -0.2) is 14.7 Å². The maximum Gasteiger partial charge on any atom is 0.422 e. The minimum atomic E-state index is -0.542.